The normalized spacial score (nSPS) is 11.1. The molecule has 7 nitrogen and oxygen atoms in total. The highest BCUT2D eigenvalue weighted by Crippen LogP contribution is 2.23. The number of nitrogens with zero attached hydrogens (tertiary/aromatic N) is 6. The molecule has 4 aromatic rings. The molecule has 1 N–H and O–H groups in total. The van der Waals surface area contributed by atoms with E-state index in [0.717, 1.165) is 0 Å². The molecule has 3 aromatic heterocycles. The average molecular weight is 323 g/mol. The lowest BCUT2D eigenvalue weighted by atomic mass is 10.2. The number of nitrogens with one attached hydrogen (secondary N) is 1. The number of rotatable bonds is 4. The highest BCUT2D eigenvalue weighted by atomic mass is 19.1. The van der Waals surface area contributed by atoms with E-state index >= 15 is 0 Å². The second-order valence-corrected chi connectivity index (χ2v) is 5.18. The summed E-state index contributed by atoms with van der Waals surface area (Å²) in [5, 5.41) is 7.23. The lowest BCUT2D eigenvalue weighted by Crippen LogP contribution is -2.10. The number of fused-ring (bicyclic) bond motifs is 1. The lowest BCUT2D eigenvalue weighted by molar-refractivity contribution is 0.597. The van der Waals surface area contributed by atoms with Crippen LogP contribution in [0.5, 0.6) is 0 Å². The van der Waals surface area contributed by atoms with E-state index in [2.05, 4.69) is 25.4 Å². The molecule has 0 saturated heterocycles. The van der Waals surface area contributed by atoms with Crippen LogP contribution in [0.4, 0.5) is 10.2 Å². The first-order chi connectivity index (χ1) is 11.8. The first-order valence-electron chi connectivity index (χ1n) is 7.40. The number of aromatic nitrogens is 6. The fourth-order valence-corrected chi connectivity index (χ4v) is 2.61. The Morgan fingerprint density at radius 2 is 2.04 bits per heavy atom. The van der Waals surface area contributed by atoms with Crippen LogP contribution in [-0.4, -0.2) is 36.3 Å². The van der Waals surface area contributed by atoms with Crippen molar-refractivity contribution in [3.8, 4) is 5.95 Å². The standard InChI is InChI=1S/C16H14FN7/c1-18-14-13-15(20-10-19-14)23(9-11-5-2-3-6-12(11)17)16(22-13)24-8-4-7-21-24/h2-8,10H,9H2,1H3,(H,18,19,20). The fourth-order valence-electron chi connectivity index (χ4n) is 2.61. The van der Waals surface area contributed by atoms with Gasteiger partial charge in [-0.05, 0) is 12.1 Å². The van der Waals surface area contributed by atoms with Crippen LogP contribution < -0.4 is 5.32 Å². The Balaban J connectivity index is 1.95. The van der Waals surface area contributed by atoms with Crippen molar-refractivity contribution in [2.75, 3.05) is 12.4 Å². The van der Waals surface area contributed by atoms with E-state index < -0.39 is 0 Å². The highest BCUT2D eigenvalue weighted by Gasteiger charge is 2.18. The van der Waals surface area contributed by atoms with E-state index in [-0.39, 0.29) is 5.82 Å². The van der Waals surface area contributed by atoms with Crippen LogP contribution in [0, 0.1) is 5.82 Å². The summed E-state index contributed by atoms with van der Waals surface area (Å²) in [7, 11) is 1.77. The van der Waals surface area contributed by atoms with Gasteiger partial charge in [-0.15, -0.1) is 0 Å². The van der Waals surface area contributed by atoms with Crippen molar-refractivity contribution >= 4 is 17.0 Å². The summed E-state index contributed by atoms with van der Waals surface area (Å²) in [6.45, 7) is 0.290. The molecule has 4 rings (SSSR count). The third-order valence-electron chi connectivity index (χ3n) is 3.74. The highest BCUT2D eigenvalue weighted by molar-refractivity contribution is 5.84. The molecular formula is C16H14FN7. The minimum absolute atomic E-state index is 0.270. The molecule has 0 aliphatic rings. The number of hydrogen-bond donors (Lipinski definition) is 1. The summed E-state index contributed by atoms with van der Waals surface area (Å²) in [6, 6.07) is 8.46. The zero-order valence-electron chi connectivity index (χ0n) is 12.9. The molecule has 8 heteroatoms. The quantitative estimate of drug-likeness (QED) is 0.623. The van der Waals surface area contributed by atoms with E-state index in [9.17, 15) is 4.39 Å². The molecule has 0 aliphatic carbocycles. The molecule has 24 heavy (non-hydrogen) atoms. The monoisotopic (exact) mass is 323 g/mol. The predicted octanol–water partition coefficient (Wildman–Crippen LogP) is 2.24. The summed E-state index contributed by atoms with van der Waals surface area (Å²) in [5.74, 6) is 0.893. The SMILES string of the molecule is CNc1ncnc2c1nc(-n1cccn1)n2Cc1ccccc1F. The number of benzene rings is 1. The maximum absolute atomic E-state index is 14.1. The van der Waals surface area contributed by atoms with Crippen LogP contribution in [-0.2, 0) is 6.54 Å². The molecule has 0 unspecified atom stereocenters. The van der Waals surface area contributed by atoms with Gasteiger partial charge in [-0.25, -0.2) is 24.0 Å². The molecule has 1 aromatic carbocycles. The van der Waals surface area contributed by atoms with Crippen molar-refractivity contribution in [2.45, 2.75) is 6.54 Å². The number of halogens is 1. The molecule has 120 valence electrons. The summed E-state index contributed by atoms with van der Waals surface area (Å²) in [4.78, 5) is 13.1. The van der Waals surface area contributed by atoms with Crippen molar-refractivity contribution in [2.24, 2.45) is 0 Å². The van der Waals surface area contributed by atoms with Crippen molar-refractivity contribution in [3.63, 3.8) is 0 Å². The summed E-state index contributed by atoms with van der Waals surface area (Å²) < 4.78 is 17.5. The smallest absolute Gasteiger partial charge is 0.233 e. The van der Waals surface area contributed by atoms with Gasteiger partial charge in [0.25, 0.3) is 0 Å². The number of hydrogen-bond acceptors (Lipinski definition) is 5. The van der Waals surface area contributed by atoms with Crippen LogP contribution in [0.15, 0.2) is 49.1 Å². The van der Waals surface area contributed by atoms with Crippen LogP contribution >= 0.6 is 0 Å². The van der Waals surface area contributed by atoms with Gasteiger partial charge in [-0.2, -0.15) is 5.10 Å². The van der Waals surface area contributed by atoms with Gasteiger partial charge in [0.2, 0.25) is 5.95 Å². The van der Waals surface area contributed by atoms with Crippen LogP contribution in [0.2, 0.25) is 0 Å². The number of imidazole rings is 1. The van der Waals surface area contributed by atoms with Gasteiger partial charge in [-0.3, -0.25) is 4.57 Å². The second kappa shape index (κ2) is 5.73. The Labute approximate surface area is 136 Å². The van der Waals surface area contributed by atoms with Gasteiger partial charge in [0.15, 0.2) is 17.0 Å². The third-order valence-corrected chi connectivity index (χ3v) is 3.74. The maximum atomic E-state index is 14.1. The Morgan fingerprint density at radius 1 is 1.17 bits per heavy atom. The van der Waals surface area contributed by atoms with Crippen molar-refractivity contribution in [1.29, 1.82) is 0 Å². The first-order valence-corrected chi connectivity index (χ1v) is 7.40. The molecule has 0 amide bonds. The molecule has 0 spiro atoms. The minimum atomic E-state index is -0.270. The summed E-state index contributed by atoms with van der Waals surface area (Å²) in [5.41, 5.74) is 1.78. The van der Waals surface area contributed by atoms with Crippen LogP contribution in [0.3, 0.4) is 0 Å². The fraction of sp³-hybridized carbons (Fsp3) is 0.125. The van der Waals surface area contributed by atoms with Crippen molar-refractivity contribution < 1.29 is 4.39 Å². The molecule has 3 heterocycles. The zero-order valence-corrected chi connectivity index (χ0v) is 12.9. The van der Waals surface area contributed by atoms with E-state index in [4.69, 9.17) is 0 Å². The van der Waals surface area contributed by atoms with E-state index in [1.807, 2.05) is 4.57 Å². The number of anilines is 1. The summed E-state index contributed by atoms with van der Waals surface area (Å²) >= 11 is 0. The molecule has 0 aliphatic heterocycles. The molecular weight excluding hydrogens is 309 g/mol. The van der Waals surface area contributed by atoms with E-state index in [1.54, 1.807) is 48.4 Å². The molecule has 0 radical (unpaired) electrons. The Morgan fingerprint density at radius 3 is 2.79 bits per heavy atom. The molecule has 0 bridgehead atoms. The van der Waals surface area contributed by atoms with E-state index in [0.29, 0.717) is 35.0 Å². The van der Waals surface area contributed by atoms with Gasteiger partial charge < -0.3 is 5.32 Å². The lowest BCUT2D eigenvalue weighted by Gasteiger charge is -2.09. The Bertz CT molecular complexity index is 991. The average Bonchev–Trinajstić information content (AvgIpc) is 3.24. The second-order valence-electron chi connectivity index (χ2n) is 5.18. The molecule has 0 saturated carbocycles. The zero-order chi connectivity index (χ0) is 16.5. The van der Waals surface area contributed by atoms with Gasteiger partial charge >= 0.3 is 0 Å². The largest absolute Gasteiger partial charge is 0.371 e. The van der Waals surface area contributed by atoms with Gasteiger partial charge in [0.1, 0.15) is 12.1 Å². The van der Waals surface area contributed by atoms with Crippen molar-refractivity contribution in [1.82, 2.24) is 29.3 Å². The van der Waals surface area contributed by atoms with Crippen molar-refractivity contribution in [3.05, 3.63) is 60.4 Å². The topological polar surface area (TPSA) is 73.5 Å². The maximum Gasteiger partial charge on any atom is 0.233 e. The van der Waals surface area contributed by atoms with Gasteiger partial charge in [-0.1, -0.05) is 18.2 Å². The third kappa shape index (κ3) is 2.28. The van der Waals surface area contributed by atoms with Crippen LogP contribution in [0.1, 0.15) is 5.56 Å². The minimum Gasteiger partial charge on any atom is -0.371 e. The molecule has 0 atom stereocenters. The summed E-state index contributed by atoms with van der Waals surface area (Å²) in [6.07, 6.45) is 4.91. The Kier molecular flexibility index (Phi) is 3.42. The van der Waals surface area contributed by atoms with Gasteiger partial charge in [0, 0.05) is 25.0 Å². The first kappa shape index (κ1) is 14.3. The van der Waals surface area contributed by atoms with Gasteiger partial charge in [0.05, 0.1) is 6.54 Å². The predicted molar refractivity (Wildman–Crippen MR) is 87.5 cm³/mol. The van der Waals surface area contributed by atoms with E-state index in [1.165, 1.54) is 12.4 Å². The van der Waals surface area contributed by atoms with Crippen LogP contribution in [0.25, 0.3) is 17.1 Å². The molecule has 0 fully saturated rings. The Hall–Kier alpha value is -3.29.